The minimum Gasteiger partial charge on any atom is -0.349 e. The second-order valence-electron chi connectivity index (χ2n) is 5.65. The van der Waals surface area contributed by atoms with Crippen molar-refractivity contribution in [2.45, 2.75) is 6.04 Å². The molecule has 2 N–H and O–H groups in total. The number of carbonyl (C=O) groups is 1. The van der Waals surface area contributed by atoms with Gasteiger partial charge in [-0.15, -0.1) is 11.3 Å². The van der Waals surface area contributed by atoms with Gasteiger partial charge in [0.15, 0.2) is 5.69 Å². The summed E-state index contributed by atoms with van der Waals surface area (Å²) >= 11 is 1.66. The summed E-state index contributed by atoms with van der Waals surface area (Å²) < 4.78 is 0. The summed E-state index contributed by atoms with van der Waals surface area (Å²) in [6, 6.07) is 11.1. The average molecular weight is 342 g/mol. The first kappa shape index (κ1) is 16.4. The van der Waals surface area contributed by atoms with E-state index in [9.17, 15) is 9.59 Å². The van der Waals surface area contributed by atoms with Gasteiger partial charge < -0.3 is 10.2 Å². The number of hydrogen-bond donors (Lipinski definition) is 2. The molecule has 1 amide bonds. The standard InChI is InChI=1S/C17H18N4O2S/c1-21(2)13(14-8-5-9-24-14)10-18-17(23)15-11-6-3-4-7-12(11)16(22)20-19-15/h3-9,13H,10H2,1-2H3,(H,18,23)(H,20,22). The Morgan fingerprint density at radius 3 is 2.67 bits per heavy atom. The molecule has 0 fully saturated rings. The number of H-pyrrole nitrogens is 1. The SMILES string of the molecule is CN(C)C(CNC(=O)c1n[nH]c(=O)c2ccccc12)c1cccs1. The molecule has 6 nitrogen and oxygen atoms in total. The van der Waals surface area contributed by atoms with Gasteiger partial charge in [-0.3, -0.25) is 9.59 Å². The fourth-order valence-corrected chi connectivity index (χ4v) is 3.50. The number of likely N-dealkylation sites (N-methyl/N-ethyl adjacent to an activating group) is 1. The zero-order valence-corrected chi connectivity index (χ0v) is 14.3. The molecule has 0 saturated carbocycles. The van der Waals surface area contributed by atoms with Gasteiger partial charge in [0.2, 0.25) is 0 Å². The predicted octanol–water partition coefficient (Wildman–Crippen LogP) is 2.02. The van der Waals surface area contributed by atoms with Gasteiger partial charge in [0.05, 0.1) is 11.4 Å². The number of amides is 1. The van der Waals surface area contributed by atoms with Crippen molar-refractivity contribution in [1.29, 1.82) is 0 Å². The lowest BCUT2D eigenvalue weighted by atomic mass is 10.1. The van der Waals surface area contributed by atoms with Crippen LogP contribution in [0.25, 0.3) is 10.8 Å². The number of rotatable bonds is 5. The molecule has 0 aliphatic carbocycles. The van der Waals surface area contributed by atoms with Crippen molar-refractivity contribution >= 4 is 28.0 Å². The van der Waals surface area contributed by atoms with Crippen LogP contribution in [0, 0.1) is 0 Å². The number of carbonyl (C=O) groups excluding carboxylic acids is 1. The van der Waals surface area contributed by atoms with Crippen LogP contribution in [0.4, 0.5) is 0 Å². The van der Waals surface area contributed by atoms with Gasteiger partial charge in [-0.2, -0.15) is 5.10 Å². The Kier molecular flexibility index (Phi) is 4.73. The Labute approximate surface area is 143 Å². The van der Waals surface area contributed by atoms with Crippen molar-refractivity contribution in [3.8, 4) is 0 Å². The number of nitrogens with one attached hydrogen (secondary N) is 2. The summed E-state index contributed by atoms with van der Waals surface area (Å²) in [7, 11) is 3.95. The van der Waals surface area contributed by atoms with Gasteiger partial charge in [0, 0.05) is 16.8 Å². The van der Waals surface area contributed by atoms with Crippen LogP contribution in [0.3, 0.4) is 0 Å². The molecule has 124 valence electrons. The van der Waals surface area contributed by atoms with Crippen molar-refractivity contribution in [2.24, 2.45) is 0 Å². The van der Waals surface area contributed by atoms with E-state index < -0.39 is 0 Å². The van der Waals surface area contributed by atoms with E-state index in [1.165, 1.54) is 4.88 Å². The molecular weight excluding hydrogens is 324 g/mol. The average Bonchev–Trinajstić information content (AvgIpc) is 3.09. The fraction of sp³-hybridized carbons (Fsp3) is 0.235. The van der Waals surface area contributed by atoms with Crippen LogP contribution in [0.1, 0.15) is 21.4 Å². The first-order valence-electron chi connectivity index (χ1n) is 7.53. The Hall–Kier alpha value is -2.51. The monoisotopic (exact) mass is 342 g/mol. The molecule has 1 aromatic carbocycles. The van der Waals surface area contributed by atoms with Crippen LogP contribution in [0.5, 0.6) is 0 Å². The van der Waals surface area contributed by atoms with Crippen molar-refractivity contribution < 1.29 is 4.79 Å². The van der Waals surface area contributed by atoms with Crippen LogP contribution in [0.2, 0.25) is 0 Å². The molecule has 0 spiro atoms. The van der Waals surface area contributed by atoms with E-state index >= 15 is 0 Å². The largest absolute Gasteiger partial charge is 0.349 e. The molecule has 0 saturated heterocycles. The number of aromatic amines is 1. The lowest BCUT2D eigenvalue weighted by molar-refractivity contribution is 0.0938. The lowest BCUT2D eigenvalue weighted by Gasteiger charge is -2.23. The summed E-state index contributed by atoms with van der Waals surface area (Å²) in [5, 5.41) is 12.3. The third kappa shape index (κ3) is 3.22. The quantitative estimate of drug-likeness (QED) is 0.743. The Morgan fingerprint density at radius 2 is 2.00 bits per heavy atom. The molecule has 3 rings (SSSR count). The molecule has 0 radical (unpaired) electrons. The summed E-state index contributed by atoms with van der Waals surface area (Å²) in [5.41, 5.74) is -0.0687. The molecule has 7 heteroatoms. The highest BCUT2D eigenvalue weighted by molar-refractivity contribution is 7.10. The number of fused-ring (bicyclic) bond motifs is 1. The second kappa shape index (κ2) is 6.94. The van der Waals surface area contributed by atoms with E-state index in [4.69, 9.17) is 0 Å². The zero-order chi connectivity index (χ0) is 17.1. The van der Waals surface area contributed by atoms with E-state index in [2.05, 4.69) is 26.5 Å². The van der Waals surface area contributed by atoms with Crippen molar-refractivity contribution in [3.05, 3.63) is 62.7 Å². The van der Waals surface area contributed by atoms with Crippen molar-refractivity contribution in [3.63, 3.8) is 0 Å². The summed E-state index contributed by atoms with van der Waals surface area (Å²) in [5.74, 6) is -0.300. The van der Waals surface area contributed by atoms with Crippen LogP contribution in [-0.4, -0.2) is 41.6 Å². The van der Waals surface area contributed by atoms with Crippen LogP contribution in [0.15, 0.2) is 46.6 Å². The molecule has 2 heterocycles. The third-order valence-corrected chi connectivity index (χ3v) is 4.84. The first-order chi connectivity index (χ1) is 11.6. The molecule has 3 aromatic rings. The molecule has 0 bridgehead atoms. The predicted molar refractivity (Wildman–Crippen MR) is 95.4 cm³/mol. The molecule has 0 aliphatic heterocycles. The van der Waals surface area contributed by atoms with Gasteiger partial charge in [0.25, 0.3) is 11.5 Å². The highest BCUT2D eigenvalue weighted by Crippen LogP contribution is 2.22. The molecule has 24 heavy (non-hydrogen) atoms. The van der Waals surface area contributed by atoms with Gasteiger partial charge in [-0.25, -0.2) is 5.10 Å². The Balaban J connectivity index is 1.83. The van der Waals surface area contributed by atoms with E-state index in [-0.39, 0.29) is 23.2 Å². The van der Waals surface area contributed by atoms with Gasteiger partial charge in [-0.05, 0) is 31.6 Å². The summed E-state index contributed by atoms with van der Waals surface area (Å²) in [6.45, 7) is 0.460. The van der Waals surface area contributed by atoms with Crippen LogP contribution in [-0.2, 0) is 0 Å². The van der Waals surface area contributed by atoms with Crippen molar-refractivity contribution in [2.75, 3.05) is 20.6 Å². The maximum Gasteiger partial charge on any atom is 0.272 e. The van der Waals surface area contributed by atoms with E-state index in [1.807, 2.05) is 25.5 Å². The minimum atomic E-state index is -0.300. The first-order valence-corrected chi connectivity index (χ1v) is 8.41. The maximum absolute atomic E-state index is 12.6. The number of thiophene rings is 1. The van der Waals surface area contributed by atoms with E-state index in [0.717, 1.165) is 0 Å². The van der Waals surface area contributed by atoms with Crippen LogP contribution >= 0.6 is 11.3 Å². The molecule has 2 aromatic heterocycles. The normalized spacial score (nSPS) is 12.5. The number of aromatic nitrogens is 2. The Morgan fingerprint density at radius 1 is 1.25 bits per heavy atom. The second-order valence-corrected chi connectivity index (χ2v) is 6.63. The zero-order valence-electron chi connectivity index (χ0n) is 13.4. The van der Waals surface area contributed by atoms with Gasteiger partial charge in [-0.1, -0.05) is 24.3 Å². The van der Waals surface area contributed by atoms with Crippen LogP contribution < -0.4 is 10.9 Å². The molecule has 1 atom stereocenters. The fourth-order valence-electron chi connectivity index (χ4n) is 2.58. The number of nitrogens with zero attached hydrogens (tertiary/aromatic N) is 2. The molecule has 0 aliphatic rings. The van der Waals surface area contributed by atoms with E-state index in [1.54, 1.807) is 35.6 Å². The maximum atomic E-state index is 12.6. The minimum absolute atomic E-state index is 0.0861. The highest BCUT2D eigenvalue weighted by Gasteiger charge is 2.19. The number of benzene rings is 1. The molecule has 1 unspecified atom stereocenters. The summed E-state index contributed by atoms with van der Waals surface area (Å²) in [4.78, 5) is 27.6. The van der Waals surface area contributed by atoms with E-state index in [0.29, 0.717) is 17.3 Å². The Bertz CT molecular complexity index is 902. The molecular formula is C17H18N4O2S. The third-order valence-electron chi connectivity index (χ3n) is 3.86. The van der Waals surface area contributed by atoms with Crippen molar-refractivity contribution in [1.82, 2.24) is 20.4 Å². The highest BCUT2D eigenvalue weighted by atomic mass is 32.1. The van der Waals surface area contributed by atoms with Gasteiger partial charge >= 0.3 is 0 Å². The smallest absolute Gasteiger partial charge is 0.272 e. The summed E-state index contributed by atoms with van der Waals surface area (Å²) in [6.07, 6.45) is 0. The lowest BCUT2D eigenvalue weighted by Crippen LogP contribution is -2.35. The number of hydrogen-bond acceptors (Lipinski definition) is 5. The van der Waals surface area contributed by atoms with Gasteiger partial charge in [0.1, 0.15) is 0 Å². The topological polar surface area (TPSA) is 78.1 Å².